The summed E-state index contributed by atoms with van der Waals surface area (Å²) in [6.07, 6.45) is -0.0710. The first-order valence-electron chi connectivity index (χ1n) is 5.19. The number of hydrogen-bond acceptors (Lipinski definition) is 4. The van der Waals surface area contributed by atoms with Gasteiger partial charge in [0.15, 0.2) is 0 Å². The molecule has 0 aromatic rings. The van der Waals surface area contributed by atoms with Crippen LogP contribution in [0.5, 0.6) is 0 Å². The third-order valence-corrected chi connectivity index (χ3v) is 2.41. The van der Waals surface area contributed by atoms with Crippen LogP contribution in [0.1, 0.15) is 6.42 Å². The summed E-state index contributed by atoms with van der Waals surface area (Å²) in [6, 6.07) is -0.0573. The normalized spacial score (nSPS) is 20.4. The summed E-state index contributed by atoms with van der Waals surface area (Å²) in [5, 5.41) is 0. The van der Waals surface area contributed by atoms with Crippen LogP contribution >= 0.6 is 0 Å². The molecular weight excluding hydrogens is 212 g/mol. The first-order valence-corrected chi connectivity index (χ1v) is 5.19. The lowest BCUT2D eigenvalue weighted by Crippen LogP contribution is -2.49. The Morgan fingerprint density at radius 3 is 2.75 bits per heavy atom. The van der Waals surface area contributed by atoms with Crippen molar-refractivity contribution in [3.8, 4) is 0 Å². The van der Waals surface area contributed by atoms with Gasteiger partial charge in [0.1, 0.15) is 0 Å². The number of carbonyl (C=O) groups is 2. The number of amides is 2. The van der Waals surface area contributed by atoms with E-state index < -0.39 is 0 Å². The molecule has 1 aliphatic rings. The van der Waals surface area contributed by atoms with Crippen LogP contribution < -0.4 is 0 Å². The molecule has 0 aliphatic carbocycles. The fourth-order valence-electron chi connectivity index (χ4n) is 1.57. The first-order chi connectivity index (χ1) is 7.54. The van der Waals surface area contributed by atoms with Gasteiger partial charge in [-0.3, -0.25) is 4.79 Å². The minimum Gasteiger partial charge on any atom is -0.469 e. The summed E-state index contributed by atoms with van der Waals surface area (Å²) in [6.45, 7) is 1.46. The second-order valence-electron chi connectivity index (χ2n) is 3.90. The van der Waals surface area contributed by atoms with Crippen molar-refractivity contribution >= 4 is 12.0 Å². The predicted octanol–water partition coefficient (Wildman–Crippen LogP) is -0.0681. The number of hydrogen-bond donors (Lipinski definition) is 0. The number of methoxy groups -OCH3 is 1. The average molecular weight is 230 g/mol. The second kappa shape index (κ2) is 5.69. The van der Waals surface area contributed by atoms with Crippen LogP contribution in [0, 0.1) is 0 Å². The molecule has 6 heteroatoms. The maximum Gasteiger partial charge on any atom is 0.319 e. The van der Waals surface area contributed by atoms with Crippen molar-refractivity contribution in [2.45, 2.75) is 12.5 Å². The van der Waals surface area contributed by atoms with Crippen LogP contribution in [0.25, 0.3) is 0 Å². The van der Waals surface area contributed by atoms with Gasteiger partial charge >= 0.3 is 12.0 Å². The number of morpholine rings is 1. The van der Waals surface area contributed by atoms with Crippen LogP contribution in [0.4, 0.5) is 4.79 Å². The lowest BCUT2D eigenvalue weighted by Gasteiger charge is -2.34. The molecule has 0 bridgehead atoms. The number of esters is 1. The van der Waals surface area contributed by atoms with E-state index in [-0.39, 0.29) is 24.5 Å². The molecule has 0 aromatic heterocycles. The molecule has 1 rings (SSSR count). The molecule has 1 unspecified atom stereocenters. The van der Waals surface area contributed by atoms with E-state index in [0.717, 1.165) is 0 Å². The maximum absolute atomic E-state index is 11.7. The van der Waals surface area contributed by atoms with E-state index in [0.29, 0.717) is 19.7 Å². The molecule has 16 heavy (non-hydrogen) atoms. The van der Waals surface area contributed by atoms with E-state index in [9.17, 15) is 9.59 Å². The SMILES string of the molecule is COC(=O)CC1CN(C(=O)N(C)C)CCO1. The lowest BCUT2D eigenvalue weighted by atomic mass is 10.2. The summed E-state index contributed by atoms with van der Waals surface area (Å²) in [7, 11) is 4.74. The van der Waals surface area contributed by atoms with E-state index in [4.69, 9.17) is 4.74 Å². The average Bonchev–Trinajstić information content (AvgIpc) is 2.28. The number of urea groups is 1. The van der Waals surface area contributed by atoms with Gasteiger partial charge in [0.2, 0.25) is 0 Å². The zero-order valence-corrected chi connectivity index (χ0v) is 9.93. The molecule has 1 heterocycles. The zero-order valence-electron chi connectivity index (χ0n) is 9.93. The van der Waals surface area contributed by atoms with Gasteiger partial charge in [-0.15, -0.1) is 0 Å². The largest absolute Gasteiger partial charge is 0.469 e. The molecule has 1 saturated heterocycles. The molecule has 0 N–H and O–H groups in total. The highest BCUT2D eigenvalue weighted by atomic mass is 16.5. The van der Waals surface area contributed by atoms with E-state index >= 15 is 0 Å². The predicted molar refractivity (Wildman–Crippen MR) is 57.0 cm³/mol. The highest BCUT2D eigenvalue weighted by molar-refractivity contribution is 5.74. The van der Waals surface area contributed by atoms with Gasteiger partial charge in [0.25, 0.3) is 0 Å². The Balaban J connectivity index is 2.47. The van der Waals surface area contributed by atoms with Crippen LogP contribution in [-0.2, 0) is 14.3 Å². The van der Waals surface area contributed by atoms with Gasteiger partial charge in [0, 0.05) is 27.2 Å². The molecule has 0 spiro atoms. The summed E-state index contributed by atoms with van der Waals surface area (Å²) < 4.78 is 9.96. The zero-order chi connectivity index (χ0) is 12.1. The Kier molecular flexibility index (Phi) is 4.54. The molecule has 1 aliphatic heterocycles. The third-order valence-electron chi connectivity index (χ3n) is 2.41. The van der Waals surface area contributed by atoms with Gasteiger partial charge in [-0.25, -0.2) is 4.79 Å². The van der Waals surface area contributed by atoms with E-state index in [1.165, 1.54) is 12.0 Å². The fraction of sp³-hybridized carbons (Fsp3) is 0.800. The van der Waals surface area contributed by atoms with Crippen molar-refractivity contribution < 1.29 is 19.1 Å². The van der Waals surface area contributed by atoms with E-state index in [2.05, 4.69) is 4.74 Å². The third kappa shape index (κ3) is 3.37. The second-order valence-corrected chi connectivity index (χ2v) is 3.90. The van der Waals surface area contributed by atoms with E-state index in [1.807, 2.05) is 0 Å². The first kappa shape index (κ1) is 12.8. The van der Waals surface area contributed by atoms with Gasteiger partial charge in [-0.1, -0.05) is 0 Å². The van der Waals surface area contributed by atoms with Crippen molar-refractivity contribution in [2.75, 3.05) is 40.9 Å². The van der Waals surface area contributed by atoms with Crippen molar-refractivity contribution in [1.82, 2.24) is 9.80 Å². The molecule has 0 saturated carbocycles. The van der Waals surface area contributed by atoms with Crippen LogP contribution in [0.15, 0.2) is 0 Å². The lowest BCUT2D eigenvalue weighted by molar-refractivity contribution is -0.145. The number of nitrogens with zero attached hydrogens (tertiary/aromatic N) is 2. The topological polar surface area (TPSA) is 59.1 Å². The fourth-order valence-corrected chi connectivity index (χ4v) is 1.57. The number of rotatable bonds is 2. The molecule has 0 aromatic carbocycles. The number of ether oxygens (including phenoxy) is 2. The summed E-state index contributed by atoms with van der Waals surface area (Å²) >= 11 is 0. The van der Waals surface area contributed by atoms with Gasteiger partial charge in [-0.2, -0.15) is 0 Å². The Bertz CT molecular complexity index is 268. The van der Waals surface area contributed by atoms with Crippen molar-refractivity contribution in [3.05, 3.63) is 0 Å². The molecule has 0 radical (unpaired) electrons. The number of carbonyl (C=O) groups excluding carboxylic acids is 2. The summed E-state index contributed by atoms with van der Waals surface area (Å²) in [5.41, 5.74) is 0. The van der Waals surface area contributed by atoms with Gasteiger partial charge < -0.3 is 19.3 Å². The summed E-state index contributed by atoms with van der Waals surface area (Å²) in [5.74, 6) is -0.316. The molecule has 2 amide bonds. The standard InChI is InChI=1S/C10H18N2O4/c1-11(2)10(14)12-4-5-16-8(7-12)6-9(13)15-3/h8H,4-7H2,1-3H3. The maximum atomic E-state index is 11.7. The van der Waals surface area contributed by atoms with Gasteiger partial charge in [0.05, 0.1) is 26.2 Å². The monoisotopic (exact) mass is 230 g/mol. The van der Waals surface area contributed by atoms with Crippen molar-refractivity contribution in [2.24, 2.45) is 0 Å². The quantitative estimate of drug-likeness (QED) is 0.623. The Hall–Kier alpha value is -1.30. The summed E-state index contributed by atoms with van der Waals surface area (Å²) in [4.78, 5) is 25.9. The van der Waals surface area contributed by atoms with Crippen LogP contribution in [-0.4, -0.2) is 68.8 Å². The molecular formula is C10H18N2O4. The Labute approximate surface area is 95.1 Å². The Morgan fingerprint density at radius 2 is 2.19 bits per heavy atom. The smallest absolute Gasteiger partial charge is 0.319 e. The van der Waals surface area contributed by atoms with Gasteiger partial charge in [-0.05, 0) is 0 Å². The Morgan fingerprint density at radius 1 is 1.50 bits per heavy atom. The molecule has 1 fully saturated rings. The van der Waals surface area contributed by atoms with Crippen molar-refractivity contribution in [1.29, 1.82) is 0 Å². The molecule has 92 valence electrons. The van der Waals surface area contributed by atoms with Crippen molar-refractivity contribution in [3.63, 3.8) is 0 Å². The minimum atomic E-state index is -0.316. The van der Waals surface area contributed by atoms with Crippen LogP contribution in [0.2, 0.25) is 0 Å². The minimum absolute atomic E-state index is 0.0573. The highest BCUT2D eigenvalue weighted by Gasteiger charge is 2.26. The highest BCUT2D eigenvalue weighted by Crippen LogP contribution is 2.10. The van der Waals surface area contributed by atoms with E-state index in [1.54, 1.807) is 19.0 Å². The molecule has 1 atom stereocenters. The molecule has 6 nitrogen and oxygen atoms in total. The van der Waals surface area contributed by atoms with Crippen LogP contribution in [0.3, 0.4) is 0 Å².